The lowest BCUT2D eigenvalue weighted by Crippen LogP contribution is -2.26. The molecule has 0 saturated heterocycles. The Bertz CT molecular complexity index is 445. The molecule has 106 valence electrons. The monoisotopic (exact) mass is 271 g/mol. The smallest absolute Gasteiger partial charge is 0.273 e. The Morgan fingerprint density at radius 1 is 1.32 bits per heavy atom. The quantitative estimate of drug-likeness (QED) is 0.853. The molecular formula is C14H19F2NO2. The van der Waals surface area contributed by atoms with Crippen LogP contribution >= 0.6 is 0 Å². The van der Waals surface area contributed by atoms with Gasteiger partial charge in [0.05, 0.1) is 12.2 Å². The lowest BCUT2D eigenvalue weighted by Gasteiger charge is -2.07. The summed E-state index contributed by atoms with van der Waals surface area (Å²) in [6.45, 7) is 5.85. The number of hydrogen-bond donors (Lipinski definition) is 1. The Labute approximate surface area is 111 Å². The fraction of sp³-hybridized carbons (Fsp3) is 0.500. The molecule has 19 heavy (non-hydrogen) atoms. The molecule has 1 aliphatic rings. The van der Waals surface area contributed by atoms with E-state index in [1.807, 2.05) is 13.8 Å². The highest BCUT2D eigenvalue weighted by atomic mass is 19.2. The van der Waals surface area contributed by atoms with Crippen molar-refractivity contribution in [1.82, 2.24) is 5.48 Å². The van der Waals surface area contributed by atoms with E-state index < -0.39 is 17.5 Å². The third-order valence-electron chi connectivity index (χ3n) is 2.70. The molecule has 0 unspecified atom stereocenters. The number of amides is 1. The van der Waals surface area contributed by atoms with Gasteiger partial charge in [-0.15, -0.1) is 0 Å². The minimum atomic E-state index is -1.14. The molecule has 1 aromatic carbocycles. The number of carbonyl (C=O) groups is 1. The van der Waals surface area contributed by atoms with Gasteiger partial charge in [0.25, 0.3) is 5.91 Å². The van der Waals surface area contributed by atoms with E-state index in [2.05, 4.69) is 5.48 Å². The molecule has 1 saturated carbocycles. The maximum atomic E-state index is 13.4. The van der Waals surface area contributed by atoms with Crippen LogP contribution in [0.4, 0.5) is 8.78 Å². The second-order valence-corrected chi connectivity index (χ2v) is 4.24. The first kappa shape index (κ1) is 15.6. The molecule has 0 spiro atoms. The summed E-state index contributed by atoms with van der Waals surface area (Å²) < 4.78 is 26.6. The number of rotatable bonds is 4. The number of nitrogens with one attached hydrogen (secondary N) is 1. The minimum absolute atomic E-state index is 0.165. The van der Waals surface area contributed by atoms with Gasteiger partial charge in [-0.05, 0) is 37.3 Å². The van der Waals surface area contributed by atoms with Gasteiger partial charge >= 0.3 is 0 Å². The average Bonchev–Trinajstić information content (AvgIpc) is 3.22. The maximum Gasteiger partial charge on any atom is 0.277 e. The van der Waals surface area contributed by atoms with Gasteiger partial charge in [0, 0.05) is 0 Å². The van der Waals surface area contributed by atoms with Crippen LogP contribution in [0.15, 0.2) is 12.1 Å². The summed E-state index contributed by atoms with van der Waals surface area (Å²) in [5.74, 6) is -2.42. The Morgan fingerprint density at radius 2 is 1.95 bits per heavy atom. The Balaban J connectivity index is 0.000000861. The first-order valence-corrected chi connectivity index (χ1v) is 6.46. The minimum Gasteiger partial charge on any atom is -0.273 e. The highest BCUT2D eigenvalue weighted by Crippen LogP contribution is 2.28. The van der Waals surface area contributed by atoms with Gasteiger partial charge in [-0.25, -0.2) is 14.3 Å². The molecule has 1 N–H and O–H groups in total. The van der Waals surface area contributed by atoms with E-state index in [1.54, 1.807) is 0 Å². The van der Waals surface area contributed by atoms with E-state index in [1.165, 1.54) is 19.1 Å². The number of halogens is 2. The fourth-order valence-electron chi connectivity index (χ4n) is 1.39. The first-order valence-electron chi connectivity index (χ1n) is 6.46. The normalized spacial score (nSPS) is 13.5. The van der Waals surface area contributed by atoms with Gasteiger partial charge in [0.2, 0.25) is 0 Å². The lowest BCUT2D eigenvalue weighted by atomic mass is 10.1. The van der Waals surface area contributed by atoms with Crippen molar-refractivity contribution in [2.45, 2.75) is 33.6 Å². The van der Waals surface area contributed by atoms with Crippen LogP contribution in [-0.4, -0.2) is 12.5 Å². The third-order valence-corrected chi connectivity index (χ3v) is 2.70. The molecule has 5 heteroatoms. The highest BCUT2D eigenvalue weighted by Gasteiger charge is 2.22. The SMILES string of the molecule is CC.Cc1ccc(C(=O)NOCC2CC2)c(F)c1F. The van der Waals surface area contributed by atoms with Crippen molar-refractivity contribution >= 4 is 5.91 Å². The van der Waals surface area contributed by atoms with Crippen LogP contribution in [-0.2, 0) is 4.84 Å². The molecule has 0 heterocycles. The van der Waals surface area contributed by atoms with Crippen LogP contribution in [0.1, 0.15) is 42.6 Å². The molecule has 0 aliphatic heterocycles. The van der Waals surface area contributed by atoms with E-state index in [0.29, 0.717) is 12.5 Å². The van der Waals surface area contributed by atoms with Crippen LogP contribution in [0, 0.1) is 24.5 Å². The van der Waals surface area contributed by atoms with Crippen LogP contribution in [0.25, 0.3) is 0 Å². The lowest BCUT2D eigenvalue weighted by molar-refractivity contribution is 0.0266. The average molecular weight is 271 g/mol. The van der Waals surface area contributed by atoms with E-state index in [0.717, 1.165) is 12.8 Å². The molecular weight excluding hydrogens is 252 g/mol. The fourth-order valence-corrected chi connectivity index (χ4v) is 1.39. The molecule has 1 aliphatic carbocycles. The van der Waals surface area contributed by atoms with Crippen molar-refractivity contribution in [3.05, 3.63) is 34.9 Å². The second-order valence-electron chi connectivity index (χ2n) is 4.24. The molecule has 1 aromatic rings. The number of hydrogen-bond acceptors (Lipinski definition) is 2. The van der Waals surface area contributed by atoms with Gasteiger partial charge in [-0.3, -0.25) is 9.63 Å². The number of carbonyl (C=O) groups excluding carboxylic acids is 1. The van der Waals surface area contributed by atoms with Gasteiger partial charge in [0.1, 0.15) is 0 Å². The largest absolute Gasteiger partial charge is 0.277 e. The van der Waals surface area contributed by atoms with Crippen LogP contribution in [0.2, 0.25) is 0 Å². The maximum absolute atomic E-state index is 13.4. The topological polar surface area (TPSA) is 38.3 Å². The first-order chi connectivity index (χ1) is 9.09. The molecule has 1 fully saturated rings. The second kappa shape index (κ2) is 7.19. The summed E-state index contributed by atoms with van der Waals surface area (Å²) in [6, 6.07) is 2.60. The molecule has 0 bridgehead atoms. The number of hydroxylamine groups is 1. The third kappa shape index (κ3) is 4.28. The summed E-state index contributed by atoms with van der Waals surface area (Å²) in [6.07, 6.45) is 2.17. The molecule has 0 aromatic heterocycles. The summed E-state index contributed by atoms with van der Waals surface area (Å²) >= 11 is 0. The van der Waals surface area contributed by atoms with Crippen molar-refractivity contribution in [2.24, 2.45) is 5.92 Å². The Morgan fingerprint density at radius 3 is 2.53 bits per heavy atom. The summed E-state index contributed by atoms with van der Waals surface area (Å²) in [5.41, 5.74) is 1.93. The standard InChI is InChI=1S/C12H13F2NO2.C2H6/c1-7-2-5-9(11(14)10(7)13)12(16)15-17-6-8-3-4-8;1-2/h2,5,8H,3-4,6H2,1H3,(H,15,16);1-2H3. The van der Waals surface area contributed by atoms with Crippen LogP contribution in [0.3, 0.4) is 0 Å². The van der Waals surface area contributed by atoms with Crippen molar-refractivity contribution in [2.75, 3.05) is 6.61 Å². The predicted octanol–water partition coefficient (Wildman–Crippen LogP) is 3.37. The van der Waals surface area contributed by atoms with Gasteiger partial charge in [-0.2, -0.15) is 0 Å². The summed E-state index contributed by atoms with van der Waals surface area (Å²) in [4.78, 5) is 16.4. The van der Waals surface area contributed by atoms with Crippen molar-refractivity contribution in [3.8, 4) is 0 Å². The molecule has 3 nitrogen and oxygen atoms in total. The Kier molecular flexibility index (Phi) is 5.89. The molecule has 0 radical (unpaired) electrons. The van der Waals surface area contributed by atoms with E-state index >= 15 is 0 Å². The predicted molar refractivity (Wildman–Crippen MR) is 68.6 cm³/mol. The van der Waals surface area contributed by atoms with Gasteiger partial charge < -0.3 is 0 Å². The van der Waals surface area contributed by atoms with Crippen LogP contribution < -0.4 is 5.48 Å². The summed E-state index contributed by atoms with van der Waals surface area (Å²) in [5, 5.41) is 0. The molecule has 2 rings (SSSR count). The van der Waals surface area contributed by atoms with Crippen molar-refractivity contribution in [3.63, 3.8) is 0 Å². The zero-order chi connectivity index (χ0) is 14.4. The molecule has 1 amide bonds. The van der Waals surface area contributed by atoms with E-state index in [4.69, 9.17) is 4.84 Å². The Hall–Kier alpha value is -1.49. The van der Waals surface area contributed by atoms with Gasteiger partial charge in [0.15, 0.2) is 11.6 Å². The highest BCUT2D eigenvalue weighted by molar-refractivity contribution is 5.93. The van der Waals surface area contributed by atoms with Crippen molar-refractivity contribution < 1.29 is 18.4 Å². The number of benzene rings is 1. The zero-order valence-corrected chi connectivity index (χ0v) is 11.4. The molecule has 0 atom stereocenters. The summed E-state index contributed by atoms with van der Waals surface area (Å²) in [7, 11) is 0. The zero-order valence-electron chi connectivity index (χ0n) is 11.4. The van der Waals surface area contributed by atoms with E-state index in [-0.39, 0.29) is 11.1 Å². The van der Waals surface area contributed by atoms with Crippen LogP contribution in [0.5, 0.6) is 0 Å². The van der Waals surface area contributed by atoms with E-state index in [9.17, 15) is 13.6 Å². The van der Waals surface area contributed by atoms with Crippen molar-refractivity contribution in [1.29, 1.82) is 0 Å². The van der Waals surface area contributed by atoms with Gasteiger partial charge in [-0.1, -0.05) is 19.9 Å². The number of aryl methyl sites for hydroxylation is 1.